The first kappa shape index (κ1) is 12.5. The van der Waals surface area contributed by atoms with E-state index in [0.29, 0.717) is 11.4 Å². The highest BCUT2D eigenvalue weighted by Crippen LogP contribution is 2.11. The molecule has 1 aromatic carbocycles. The van der Waals surface area contributed by atoms with Crippen molar-refractivity contribution in [2.24, 2.45) is 0 Å². The lowest BCUT2D eigenvalue weighted by atomic mass is 10.1. The molecule has 0 unspecified atom stereocenters. The Morgan fingerprint density at radius 3 is 2.58 bits per heavy atom. The normalized spacial score (nSPS) is 9.42. The molecule has 0 amide bonds. The molecule has 0 spiro atoms. The van der Waals surface area contributed by atoms with E-state index in [1.165, 1.54) is 24.5 Å². The van der Waals surface area contributed by atoms with Gasteiger partial charge in [0.2, 0.25) is 0 Å². The molecule has 0 radical (unpaired) electrons. The fraction of sp³-hybridized carbons (Fsp3) is 0.0769. The van der Waals surface area contributed by atoms with E-state index < -0.39 is 5.82 Å². The lowest BCUT2D eigenvalue weighted by Crippen LogP contribution is -2.04. The summed E-state index contributed by atoms with van der Waals surface area (Å²) in [6.07, 6.45) is 2.73. The maximum absolute atomic E-state index is 13.6. The number of hydrogen-bond acceptors (Lipinski definition) is 5. The van der Waals surface area contributed by atoms with Crippen molar-refractivity contribution in [3.63, 3.8) is 0 Å². The van der Waals surface area contributed by atoms with Crippen molar-refractivity contribution in [1.29, 1.82) is 10.5 Å². The summed E-state index contributed by atoms with van der Waals surface area (Å²) in [6.45, 7) is 0.220. The fourth-order valence-corrected chi connectivity index (χ4v) is 1.42. The molecule has 0 aliphatic carbocycles. The monoisotopic (exact) mass is 253 g/mol. The van der Waals surface area contributed by atoms with Gasteiger partial charge in [0, 0.05) is 12.1 Å². The number of anilines is 1. The molecular formula is C13H8FN5. The molecule has 0 fully saturated rings. The van der Waals surface area contributed by atoms with Gasteiger partial charge in [-0.15, -0.1) is 0 Å². The largest absolute Gasteiger partial charge is 0.365 e. The summed E-state index contributed by atoms with van der Waals surface area (Å²) in [4.78, 5) is 7.79. The van der Waals surface area contributed by atoms with Gasteiger partial charge in [-0.2, -0.15) is 10.5 Å². The quantitative estimate of drug-likeness (QED) is 0.903. The van der Waals surface area contributed by atoms with Crippen molar-refractivity contribution in [3.8, 4) is 12.1 Å². The second-order valence-electron chi connectivity index (χ2n) is 3.67. The Hall–Kier alpha value is -2.99. The van der Waals surface area contributed by atoms with Crippen molar-refractivity contribution < 1.29 is 4.39 Å². The van der Waals surface area contributed by atoms with Crippen molar-refractivity contribution in [1.82, 2.24) is 9.97 Å². The molecule has 6 heteroatoms. The minimum Gasteiger partial charge on any atom is -0.365 e. The number of halogens is 1. The van der Waals surface area contributed by atoms with Gasteiger partial charge in [0.05, 0.1) is 24.0 Å². The first-order valence-electron chi connectivity index (χ1n) is 5.37. The highest BCUT2D eigenvalue weighted by molar-refractivity contribution is 5.37. The van der Waals surface area contributed by atoms with Gasteiger partial charge in [-0.3, -0.25) is 0 Å². The molecule has 0 saturated heterocycles. The Kier molecular flexibility index (Phi) is 3.65. The smallest absolute Gasteiger partial charge is 0.158 e. The standard InChI is InChI=1S/C13H8FN5/c14-12-3-9(4-15)1-2-10(12)6-18-13-8-17-11(5-16)7-19-13/h1-3,7-8H,6H2,(H,18,19). The Morgan fingerprint density at radius 1 is 1.16 bits per heavy atom. The van der Waals surface area contributed by atoms with Crippen LogP contribution in [0.3, 0.4) is 0 Å². The Bertz CT molecular complexity index is 667. The molecule has 19 heavy (non-hydrogen) atoms. The second-order valence-corrected chi connectivity index (χ2v) is 3.67. The van der Waals surface area contributed by atoms with E-state index >= 15 is 0 Å². The third-order valence-corrected chi connectivity index (χ3v) is 2.41. The van der Waals surface area contributed by atoms with E-state index in [1.807, 2.05) is 12.1 Å². The topological polar surface area (TPSA) is 85.4 Å². The van der Waals surface area contributed by atoms with E-state index in [1.54, 1.807) is 6.07 Å². The number of nitrogens with zero attached hydrogens (tertiary/aromatic N) is 4. The Morgan fingerprint density at radius 2 is 2.00 bits per heavy atom. The van der Waals surface area contributed by atoms with Crippen molar-refractivity contribution >= 4 is 5.82 Å². The maximum atomic E-state index is 13.6. The van der Waals surface area contributed by atoms with Crippen LogP contribution in [0.25, 0.3) is 0 Å². The van der Waals surface area contributed by atoms with E-state index in [4.69, 9.17) is 10.5 Å². The summed E-state index contributed by atoms with van der Waals surface area (Å²) < 4.78 is 13.6. The van der Waals surface area contributed by atoms with E-state index in [2.05, 4.69) is 15.3 Å². The molecule has 2 rings (SSSR count). The zero-order valence-corrected chi connectivity index (χ0v) is 9.76. The van der Waals surface area contributed by atoms with Gasteiger partial charge in [-0.25, -0.2) is 14.4 Å². The SMILES string of the molecule is N#Cc1ccc(CNc2cnc(C#N)cn2)c(F)c1. The molecule has 1 heterocycles. The molecule has 92 valence electrons. The molecule has 5 nitrogen and oxygen atoms in total. The van der Waals surface area contributed by atoms with Gasteiger partial charge in [0.15, 0.2) is 5.69 Å². The summed E-state index contributed by atoms with van der Waals surface area (Å²) in [5.74, 6) is -0.00378. The lowest BCUT2D eigenvalue weighted by molar-refractivity contribution is 0.612. The van der Waals surface area contributed by atoms with Crippen LogP contribution in [-0.2, 0) is 6.54 Å². The molecule has 0 aliphatic heterocycles. The Balaban J connectivity index is 2.06. The van der Waals surface area contributed by atoms with Gasteiger partial charge in [0.25, 0.3) is 0 Å². The fourth-order valence-electron chi connectivity index (χ4n) is 1.42. The molecule has 0 aliphatic rings. The number of benzene rings is 1. The van der Waals surface area contributed by atoms with E-state index in [-0.39, 0.29) is 17.8 Å². The third-order valence-electron chi connectivity index (χ3n) is 2.41. The molecule has 0 bridgehead atoms. The average molecular weight is 253 g/mol. The predicted molar refractivity (Wildman–Crippen MR) is 65.2 cm³/mol. The molecule has 0 atom stereocenters. The van der Waals surface area contributed by atoms with Crippen LogP contribution in [0.1, 0.15) is 16.8 Å². The Labute approximate surface area is 109 Å². The predicted octanol–water partition coefficient (Wildman–Crippen LogP) is 1.97. The van der Waals surface area contributed by atoms with Gasteiger partial charge in [-0.1, -0.05) is 6.07 Å². The molecular weight excluding hydrogens is 245 g/mol. The third kappa shape index (κ3) is 3.02. The van der Waals surface area contributed by atoms with Crippen molar-refractivity contribution in [3.05, 3.63) is 53.2 Å². The maximum Gasteiger partial charge on any atom is 0.158 e. The summed E-state index contributed by atoms with van der Waals surface area (Å²) in [7, 11) is 0. The zero-order valence-electron chi connectivity index (χ0n) is 9.76. The van der Waals surface area contributed by atoms with Crippen LogP contribution in [0.5, 0.6) is 0 Å². The molecule has 0 saturated carbocycles. The first-order chi connectivity index (χ1) is 9.22. The van der Waals surface area contributed by atoms with Crippen LogP contribution in [0.4, 0.5) is 10.2 Å². The first-order valence-corrected chi connectivity index (χ1v) is 5.37. The molecule has 1 aromatic heterocycles. The highest BCUT2D eigenvalue weighted by Gasteiger charge is 2.04. The summed E-state index contributed by atoms with van der Waals surface area (Å²) in [6, 6.07) is 7.99. The second kappa shape index (κ2) is 5.56. The number of hydrogen-bond donors (Lipinski definition) is 1. The molecule has 1 N–H and O–H groups in total. The van der Waals surface area contributed by atoms with Crippen molar-refractivity contribution in [2.75, 3.05) is 5.32 Å². The van der Waals surface area contributed by atoms with Crippen LogP contribution in [0.15, 0.2) is 30.6 Å². The van der Waals surface area contributed by atoms with Gasteiger partial charge < -0.3 is 5.32 Å². The van der Waals surface area contributed by atoms with Gasteiger partial charge in [0.1, 0.15) is 17.7 Å². The zero-order chi connectivity index (χ0) is 13.7. The summed E-state index contributed by atoms with van der Waals surface area (Å²) >= 11 is 0. The average Bonchev–Trinajstić information content (AvgIpc) is 2.46. The summed E-state index contributed by atoms with van der Waals surface area (Å²) in [5.41, 5.74) is 0.916. The minimum atomic E-state index is -0.451. The van der Waals surface area contributed by atoms with Crippen LogP contribution < -0.4 is 5.32 Å². The number of aromatic nitrogens is 2. The summed E-state index contributed by atoms with van der Waals surface area (Å²) in [5, 5.41) is 20.1. The van der Waals surface area contributed by atoms with Crippen LogP contribution >= 0.6 is 0 Å². The van der Waals surface area contributed by atoms with Crippen LogP contribution in [0, 0.1) is 28.5 Å². The van der Waals surface area contributed by atoms with Crippen molar-refractivity contribution in [2.45, 2.75) is 6.54 Å². The minimum absolute atomic E-state index is 0.218. The number of rotatable bonds is 3. The number of nitriles is 2. The van der Waals surface area contributed by atoms with E-state index in [9.17, 15) is 4.39 Å². The highest BCUT2D eigenvalue weighted by atomic mass is 19.1. The van der Waals surface area contributed by atoms with E-state index in [0.717, 1.165) is 0 Å². The lowest BCUT2D eigenvalue weighted by Gasteiger charge is -2.06. The van der Waals surface area contributed by atoms with Crippen LogP contribution in [-0.4, -0.2) is 9.97 Å². The molecule has 2 aromatic rings. The van der Waals surface area contributed by atoms with Gasteiger partial charge >= 0.3 is 0 Å². The van der Waals surface area contributed by atoms with Crippen LogP contribution in [0.2, 0.25) is 0 Å². The van der Waals surface area contributed by atoms with Gasteiger partial charge in [-0.05, 0) is 12.1 Å². The number of nitrogens with one attached hydrogen (secondary N) is 1.